The molecule has 0 aliphatic heterocycles. The zero-order valence-corrected chi connectivity index (χ0v) is 8.88. The first-order chi connectivity index (χ1) is 7.70. The minimum absolute atomic E-state index is 0.358. The largest absolute Gasteiger partial charge is 0.334 e. The van der Waals surface area contributed by atoms with E-state index in [9.17, 15) is 9.59 Å². The van der Waals surface area contributed by atoms with Crippen LogP contribution in [0.25, 0.3) is 0 Å². The molecule has 0 bridgehead atoms. The Bertz CT molecular complexity index is 593. The van der Waals surface area contributed by atoms with Crippen molar-refractivity contribution in [2.75, 3.05) is 0 Å². The second-order valence-corrected chi connectivity index (χ2v) is 3.37. The maximum Gasteiger partial charge on any atom is 0.328 e. The number of nitrogens with zero attached hydrogens (tertiary/aromatic N) is 3. The maximum absolute atomic E-state index is 11.4. The fourth-order valence-electron chi connectivity index (χ4n) is 1.50. The lowest BCUT2D eigenvalue weighted by atomic mass is 10.5. The van der Waals surface area contributed by atoms with Crippen LogP contribution in [0.3, 0.4) is 0 Å². The van der Waals surface area contributed by atoms with Crippen molar-refractivity contribution in [1.82, 2.24) is 19.1 Å². The molecule has 2 aromatic rings. The molecule has 0 aliphatic carbocycles. The highest BCUT2D eigenvalue weighted by Gasteiger charge is 2.03. The smallest absolute Gasteiger partial charge is 0.328 e. The van der Waals surface area contributed by atoms with Gasteiger partial charge in [-0.05, 0) is 6.92 Å². The molecule has 16 heavy (non-hydrogen) atoms. The first kappa shape index (κ1) is 10.4. The number of rotatable bonds is 3. The topological polar surface area (TPSA) is 72.7 Å². The second kappa shape index (κ2) is 4.18. The Kier molecular flexibility index (Phi) is 2.72. The zero-order valence-electron chi connectivity index (χ0n) is 8.88. The quantitative estimate of drug-likeness (QED) is 0.778. The number of aryl methyl sites for hydroxylation is 1. The molecular weight excluding hydrogens is 208 g/mol. The summed E-state index contributed by atoms with van der Waals surface area (Å²) < 4.78 is 3.35. The molecule has 6 heteroatoms. The molecule has 0 saturated heterocycles. The molecule has 0 unspecified atom stereocenters. The van der Waals surface area contributed by atoms with Crippen LogP contribution in [0.4, 0.5) is 0 Å². The molecular formula is C10H12N4O2. The number of imidazole rings is 1. The van der Waals surface area contributed by atoms with Gasteiger partial charge in [-0.2, -0.15) is 0 Å². The molecule has 0 radical (unpaired) electrons. The molecule has 0 spiro atoms. The summed E-state index contributed by atoms with van der Waals surface area (Å²) in [7, 11) is 0. The predicted molar refractivity (Wildman–Crippen MR) is 58.3 cm³/mol. The molecule has 6 nitrogen and oxygen atoms in total. The fourth-order valence-corrected chi connectivity index (χ4v) is 1.50. The van der Waals surface area contributed by atoms with Crippen LogP contribution in [0.2, 0.25) is 0 Å². The standard InChI is InChI=1S/C10H12N4O2/c1-2-13-6-4-11-8(13)7-14-5-3-9(15)12-10(14)16/h3-6H,2,7H2,1H3,(H,12,15,16). The van der Waals surface area contributed by atoms with Crippen LogP contribution >= 0.6 is 0 Å². The summed E-state index contributed by atoms with van der Waals surface area (Å²) in [5, 5.41) is 0. The van der Waals surface area contributed by atoms with Gasteiger partial charge in [0.2, 0.25) is 0 Å². The third-order valence-electron chi connectivity index (χ3n) is 2.35. The monoisotopic (exact) mass is 220 g/mol. The SMILES string of the molecule is CCn1ccnc1Cn1ccc(=O)[nH]c1=O. The highest BCUT2D eigenvalue weighted by molar-refractivity contribution is 4.94. The van der Waals surface area contributed by atoms with Crippen LogP contribution < -0.4 is 11.2 Å². The van der Waals surface area contributed by atoms with E-state index < -0.39 is 5.69 Å². The van der Waals surface area contributed by atoms with Gasteiger partial charge in [-0.25, -0.2) is 9.78 Å². The molecule has 0 aliphatic rings. The summed E-state index contributed by atoms with van der Waals surface area (Å²) in [5.41, 5.74) is -0.807. The van der Waals surface area contributed by atoms with Crippen LogP contribution in [0, 0.1) is 0 Å². The molecule has 2 rings (SSSR count). The first-order valence-electron chi connectivity index (χ1n) is 5.00. The van der Waals surface area contributed by atoms with Gasteiger partial charge < -0.3 is 4.57 Å². The summed E-state index contributed by atoms with van der Waals surface area (Å²) in [4.78, 5) is 28.7. The van der Waals surface area contributed by atoms with Crippen molar-refractivity contribution in [3.63, 3.8) is 0 Å². The van der Waals surface area contributed by atoms with E-state index in [4.69, 9.17) is 0 Å². The molecule has 0 fully saturated rings. The van der Waals surface area contributed by atoms with Crippen molar-refractivity contribution in [1.29, 1.82) is 0 Å². The van der Waals surface area contributed by atoms with Crippen LogP contribution in [0.5, 0.6) is 0 Å². The first-order valence-corrected chi connectivity index (χ1v) is 5.00. The van der Waals surface area contributed by atoms with Gasteiger partial charge >= 0.3 is 5.69 Å². The molecule has 84 valence electrons. The minimum Gasteiger partial charge on any atom is -0.334 e. The Morgan fingerprint density at radius 3 is 2.81 bits per heavy atom. The number of aromatic amines is 1. The van der Waals surface area contributed by atoms with Crippen molar-refractivity contribution in [3.8, 4) is 0 Å². The number of H-pyrrole nitrogens is 1. The van der Waals surface area contributed by atoms with Gasteiger partial charge in [0, 0.05) is 31.2 Å². The van der Waals surface area contributed by atoms with Crippen molar-refractivity contribution < 1.29 is 0 Å². The van der Waals surface area contributed by atoms with E-state index in [-0.39, 0.29) is 5.56 Å². The lowest BCUT2D eigenvalue weighted by Gasteiger charge is -2.06. The number of nitrogens with one attached hydrogen (secondary N) is 1. The Morgan fingerprint density at radius 2 is 2.12 bits per heavy atom. The van der Waals surface area contributed by atoms with Gasteiger partial charge in [0.25, 0.3) is 5.56 Å². The van der Waals surface area contributed by atoms with Crippen molar-refractivity contribution in [3.05, 3.63) is 51.3 Å². The van der Waals surface area contributed by atoms with Gasteiger partial charge in [-0.3, -0.25) is 14.3 Å². The lowest BCUT2D eigenvalue weighted by molar-refractivity contribution is 0.626. The molecule has 0 amide bonds. The highest BCUT2D eigenvalue weighted by Crippen LogP contribution is 1.98. The summed E-state index contributed by atoms with van der Waals surface area (Å²) in [6, 6.07) is 1.32. The number of aromatic nitrogens is 4. The van der Waals surface area contributed by atoms with E-state index in [0.717, 1.165) is 12.4 Å². The van der Waals surface area contributed by atoms with E-state index >= 15 is 0 Å². The third-order valence-corrected chi connectivity index (χ3v) is 2.35. The van der Waals surface area contributed by atoms with E-state index in [0.29, 0.717) is 6.54 Å². The minimum atomic E-state index is -0.418. The van der Waals surface area contributed by atoms with Gasteiger partial charge in [0.05, 0.1) is 6.54 Å². The summed E-state index contributed by atoms with van der Waals surface area (Å²) in [5.74, 6) is 0.789. The van der Waals surface area contributed by atoms with Crippen molar-refractivity contribution >= 4 is 0 Å². The lowest BCUT2D eigenvalue weighted by Crippen LogP contribution is -2.29. The summed E-state index contributed by atoms with van der Waals surface area (Å²) in [6.45, 7) is 3.16. The van der Waals surface area contributed by atoms with Gasteiger partial charge in [0.15, 0.2) is 0 Å². The van der Waals surface area contributed by atoms with Gasteiger partial charge in [-0.15, -0.1) is 0 Å². The van der Waals surface area contributed by atoms with Crippen LogP contribution in [-0.2, 0) is 13.1 Å². The molecule has 1 N–H and O–H groups in total. The van der Waals surface area contributed by atoms with Gasteiger partial charge in [0.1, 0.15) is 5.82 Å². The predicted octanol–water partition coefficient (Wildman–Crippen LogP) is -0.199. The molecule has 0 saturated carbocycles. The van der Waals surface area contributed by atoms with Crippen LogP contribution in [-0.4, -0.2) is 19.1 Å². The fraction of sp³-hybridized carbons (Fsp3) is 0.300. The third kappa shape index (κ3) is 1.95. The second-order valence-electron chi connectivity index (χ2n) is 3.37. The molecule has 0 aromatic carbocycles. The normalized spacial score (nSPS) is 10.6. The van der Waals surface area contributed by atoms with Gasteiger partial charge in [-0.1, -0.05) is 0 Å². The summed E-state index contributed by atoms with van der Waals surface area (Å²) >= 11 is 0. The maximum atomic E-state index is 11.4. The molecule has 0 atom stereocenters. The van der Waals surface area contributed by atoms with Crippen LogP contribution in [0.1, 0.15) is 12.7 Å². The Morgan fingerprint density at radius 1 is 1.31 bits per heavy atom. The van der Waals surface area contributed by atoms with E-state index in [1.807, 2.05) is 17.7 Å². The van der Waals surface area contributed by atoms with Crippen LogP contribution in [0.15, 0.2) is 34.2 Å². The number of hydrogen-bond acceptors (Lipinski definition) is 3. The average molecular weight is 220 g/mol. The van der Waals surface area contributed by atoms with E-state index in [1.165, 1.54) is 16.8 Å². The van der Waals surface area contributed by atoms with Crippen molar-refractivity contribution in [2.24, 2.45) is 0 Å². The molecule has 2 aromatic heterocycles. The average Bonchev–Trinajstić information content (AvgIpc) is 2.69. The van der Waals surface area contributed by atoms with Crippen molar-refractivity contribution in [2.45, 2.75) is 20.0 Å². The Hall–Kier alpha value is -2.11. The van der Waals surface area contributed by atoms with E-state index in [2.05, 4.69) is 9.97 Å². The van der Waals surface area contributed by atoms with E-state index in [1.54, 1.807) is 6.20 Å². The Labute approximate surface area is 91.2 Å². The highest BCUT2D eigenvalue weighted by atomic mass is 16.2. The zero-order chi connectivity index (χ0) is 11.5. The Balaban J connectivity index is 2.34. The number of hydrogen-bond donors (Lipinski definition) is 1. The molecule has 2 heterocycles. The summed E-state index contributed by atoms with van der Waals surface area (Å²) in [6.07, 6.45) is 5.01.